The third-order valence-corrected chi connectivity index (χ3v) is 3.47. The van der Waals surface area contributed by atoms with E-state index in [2.05, 4.69) is 0 Å². The molecule has 0 aliphatic carbocycles. The van der Waals surface area contributed by atoms with Crippen LogP contribution >= 0.6 is 0 Å². The standard InChI is InChI=1S/C15H14N2O5/c1-16-13-4-3-12(6-10(13)2-5-14(16)20)17(9-19)7-11(8-18)15(21)22/h3-4,6-9H,2,5H2,1H3,(H,21,22)/b11-7+. The van der Waals surface area contributed by atoms with Crippen LogP contribution in [0.4, 0.5) is 11.4 Å². The second-order valence-electron chi connectivity index (χ2n) is 4.79. The van der Waals surface area contributed by atoms with Gasteiger partial charge in [0.05, 0.1) is 0 Å². The summed E-state index contributed by atoms with van der Waals surface area (Å²) in [5, 5.41) is 8.83. The fourth-order valence-electron chi connectivity index (χ4n) is 2.26. The monoisotopic (exact) mass is 302 g/mol. The summed E-state index contributed by atoms with van der Waals surface area (Å²) in [5.41, 5.74) is 1.53. The number of aldehydes is 1. The van der Waals surface area contributed by atoms with Crippen molar-refractivity contribution in [2.75, 3.05) is 16.8 Å². The van der Waals surface area contributed by atoms with Gasteiger partial charge in [0.15, 0.2) is 6.29 Å². The summed E-state index contributed by atoms with van der Waals surface area (Å²) in [4.78, 5) is 46.9. The molecule has 2 rings (SSSR count). The molecule has 0 fully saturated rings. The van der Waals surface area contributed by atoms with Crippen LogP contribution in [0, 0.1) is 0 Å². The average molecular weight is 302 g/mol. The minimum Gasteiger partial charge on any atom is -0.478 e. The number of aliphatic carboxylic acids is 1. The van der Waals surface area contributed by atoms with E-state index < -0.39 is 11.5 Å². The van der Waals surface area contributed by atoms with Gasteiger partial charge in [-0.05, 0) is 30.2 Å². The molecule has 114 valence electrons. The Kier molecular flexibility index (Phi) is 4.36. The van der Waals surface area contributed by atoms with Crippen molar-refractivity contribution in [3.05, 3.63) is 35.5 Å². The number of carbonyl (C=O) groups is 4. The lowest BCUT2D eigenvalue weighted by Crippen LogP contribution is -2.31. The number of hydrogen-bond donors (Lipinski definition) is 1. The molecule has 1 N–H and O–H groups in total. The summed E-state index contributed by atoms with van der Waals surface area (Å²) in [6.45, 7) is 0. The normalized spacial score (nSPS) is 14.3. The first-order valence-electron chi connectivity index (χ1n) is 6.51. The Bertz CT molecular complexity index is 681. The van der Waals surface area contributed by atoms with Gasteiger partial charge in [0.2, 0.25) is 12.3 Å². The molecular weight excluding hydrogens is 288 g/mol. The molecule has 0 unspecified atom stereocenters. The summed E-state index contributed by atoms with van der Waals surface area (Å²) in [6, 6.07) is 4.98. The lowest BCUT2D eigenvalue weighted by molar-refractivity contribution is -0.133. The Morgan fingerprint density at radius 3 is 2.64 bits per heavy atom. The van der Waals surface area contributed by atoms with E-state index in [1.165, 1.54) is 4.90 Å². The van der Waals surface area contributed by atoms with Crippen LogP contribution < -0.4 is 9.80 Å². The van der Waals surface area contributed by atoms with Crippen LogP contribution in [0.5, 0.6) is 0 Å². The number of aryl methyl sites for hydroxylation is 1. The molecular formula is C15H14N2O5. The van der Waals surface area contributed by atoms with Crippen molar-refractivity contribution in [1.29, 1.82) is 0 Å². The van der Waals surface area contributed by atoms with Gasteiger partial charge in [0.1, 0.15) is 5.57 Å². The van der Waals surface area contributed by atoms with Gasteiger partial charge in [-0.1, -0.05) is 0 Å². The Balaban J connectivity index is 2.40. The number of carboxylic acid groups (broad SMARTS) is 1. The van der Waals surface area contributed by atoms with Crippen LogP contribution in [0.1, 0.15) is 12.0 Å². The molecule has 7 nitrogen and oxygen atoms in total. The number of carbonyl (C=O) groups excluding carboxylic acids is 3. The molecule has 0 atom stereocenters. The maximum atomic E-state index is 11.6. The largest absolute Gasteiger partial charge is 0.478 e. The van der Waals surface area contributed by atoms with E-state index in [1.54, 1.807) is 25.2 Å². The van der Waals surface area contributed by atoms with Crippen LogP contribution in [0.15, 0.2) is 30.0 Å². The number of nitrogens with zero attached hydrogens (tertiary/aromatic N) is 2. The van der Waals surface area contributed by atoms with Crippen molar-refractivity contribution in [3.8, 4) is 0 Å². The first kappa shape index (κ1) is 15.4. The van der Waals surface area contributed by atoms with E-state index >= 15 is 0 Å². The van der Waals surface area contributed by atoms with Gasteiger partial charge in [-0.15, -0.1) is 0 Å². The van der Waals surface area contributed by atoms with Crippen molar-refractivity contribution in [2.45, 2.75) is 12.8 Å². The molecule has 1 heterocycles. The maximum absolute atomic E-state index is 11.6. The summed E-state index contributed by atoms with van der Waals surface area (Å²) in [6.07, 6.45) is 2.47. The van der Waals surface area contributed by atoms with Crippen molar-refractivity contribution >= 4 is 35.9 Å². The van der Waals surface area contributed by atoms with Crippen LogP contribution in [-0.4, -0.2) is 36.7 Å². The fourth-order valence-corrected chi connectivity index (χ4v) is 2.26. The third kappa shape index (κ3) is 2.88. The van der Waals surface area contributed by atoms with Gasteiger partial charge in [0.25, 0.3) is 0 Å². The second kappa shape index (κ2) is 6.21. The molecule has 1 aliphatic heterocycles. The topological polar surface area (TPSA) is 95.0 Å². The molecule has 0 saturated heterocycles. The lowest BCUT2D eigenvalue weighted by Gasteiger charge is -2.27. The molecule has 0 spiro atoms. The zero-order valence-corrected chi connectivity index (χ0v) is 11.9. The molecule has 1 aliphatic rings. The second-order valence-corrected chi connectivity index (χ2v) is 4.79. The van der Waals surface area contributed by atoms with Crippen molar-refractivity contribution < 1.29 is 24.3 Å². The number of anilines is 2. The molecule has 2 amide bonds. The zero-order valence-electron chi connectivity index (χ0n) is 11.9. The number of benzene rings is 1. The first-order valence-corrected chi connectivity index (χ1v) is 6.51. The predicted octanol–water partition coefficient (Wildman–Crippen LogP) is 0.726. The summed E-state index contributed by atoms with van der Waals surface area (Å²) in [5.74, 6) is -1.40. The van der Waals surface area contributed by atoms with Crippen LogP contribution in [0.2, 0.25) is 0 Å². The van der Waals surface area contributed by atoms with Gasteiger partial charge in [-0.25, -0.2) is 4.79 Å². The van der Waals surface area contributed by atoms with Gasteiger partial charge in [-0.2, -0.15) is 0 Å². The molecule has 22 heavy (non-hydrogen) atoms. The molecule has 1 aromatic carbocycles. The molecule has 0 bridgehead atoms. The van der Waals surface area contributed by atoms with Gasteiger partial charge < -0.3 is 10.0 Å². The summed E-state index contributed by atoms with van der Waals surface area (Å²) in [7, 11) is 1.67. The predicted molar refractivity (Wildman–Crippen MR) is 78.5 cm³/mol. The number of amides is 2. The summed E-state index contributed by atoms with van der Waals surface area (Å²) < 4.78 is 0. The third-order valence-electron chi connectivity index (χ3n) is 3.47. The van der Waals surface area contributed by atoms with E-state index in [-0.39, 0.29) is 12.2 Å². The SMILES string of the molecule is CN1C(=O)CCc2cc(N(C=O)/C=C(\C=O)C(=O)O)ccc21. The van der Waals surface area contributed by atoms with Gasteiger partial charge in [0, 0.05) is 31.0 Å². The highest BCUT2D eigenvalue weighted by Crippen LogP contribution is 2.30. The maximum Gasteiger partial charge on any atom is 0.340 e. The van der Waals surface area contributed by atoms with Crippen LogP contribution in [0.3, 0.4) is 0 Å². The van der Waals surface area contributed by atoms with Crippen LogP contribution in [0.25, 0.3) is 0 Å². The van der Waals surface area contributed by atoms with E-state index in [4.69, 9.17) is 5.11 Å². The number of carboxylic acids is 1. The van der Waals surface area contributed by atoms with E-state index in [0.717, 1.165) is 22.4 Å². The fraction of sp³-hybridized carbons (Fsp3) is 0.200. The quantitative estimate of drug-likeness (QED) is 0.374. The van der Waals surface area contributed by atoms with Crippen molar-refractivity contribution in [2.24, 2.45) is 0 Å². The van der Waals surface area contributed by atoms with E-state index in [1.807, 2.05) is 0 Å². The van der Waals surface area contributed by atoms with Crippen molar-refractivity contribution in [1.82, 2.24) is 0 Å². The highest BCUT2D eigenvalue weighted by Gasteiger charge is 2.21. The molecule has 0 saturated carbocycles. The highest BCUT2D eigenvalue weighted by molar-refractivity contribution is 6.07. The minimum atomic E-state index is -1.41. The number of hydrogen-bond acceptors (Lipinski definition) is 4. The van der Waals surface area contributed by atoms with Crippen LogP contribution in [-0.2, 0) is 25.6 Å². The van der Waals surface area contributed by atoms with E-state index in [9.17, 15) is 19.2 Å². The molecule has 1 aromatic rings. The summed E-state index contributed by atoms with van der Waals surface area (Å²) >= 11 is 0. The Morgan fingerprint density at radius 1 is 1.32 bits per heavy atom. The Hall–Kier alpha value is -2.96. The molecule has 0 radical (unpaired) electrons. The van der Waals surface area contributed by atoms with Gasteiger partial charge >= 0.3 is 5.97 Å². The Morgan fingerprint density at radius 2 is 2.05 bits per heavy atom. The zero-order chi connectivity index (χ0) is 16.3. The number of rotatable bonds is 5. The Labute approximate surface area is 126 Å². The van der Waals surface area contributed by atoms with E-state index in [0.29, 0.717) is 24.9 Å². The molecule has 0 aromatic heterocycles. The lowest BCUT2D eigenvalue weighted by atomic mass is 10.0. The number of fused-ring (bicyclic) bond motifs is 1. The first-order chi connectivity index (χ1) is 10.5. The average Bonchev–Trinajstić information content (AvgIpc) is 2.51. The minimum absolute atomic E-state index is 0.0153. The molecule has 7 heteroatoms. The smallest absolute Gasteiger partial charge is 0.340 e. The van der Waals surface area contributed by atoms with Crippen molar-refractivity contribution in [3.63, 3.8) is 0 Å². The highest BCUT2D eigenvalue weighted by atomic mass is 16.4. The van der Waals surface area contributed by atoms with Gasteiger partial charge in [-0.3, -0.25) is 19.3 Å².